The van der Waals surface area contributed by atoms with E-state index in [1.807, 2.05) is 60.7 Å². The molecular weight excluding hydrogens is 292 g/mol. The number of rotatable bonds is 0. The SMILES string of the molecule is N=C=O.N=C=O.Sc1ccccc1.Sc1ccccc1. The smallest absolute Gasteiger partial charge is 0.222 e. The molecule has 0 atom stereocenters. The number of carbonyl (C=O) groups excluding carboxylic acids is 2. The summed E-state index contributed by atoms with van der Waals surface area (Å²) in [5.41, 5.74) is 0. The first-order chi connectivity index (χ1) is 9.62. The molecule has 0 spiro atoms. The molecule has 2 aromatic carbocycles. The molecule has 0 aromatic heterocycles. The maximum atomic E-state index is 8.35. The first-order valence-corrected chi connectivity index (χ1v) is 6.07. The van der Waals surface area contributed by atoms with Crippen LogP contribution in [0.1, 0.15) is 0 Å². The molecule has 0 aliphatic carbocycles. The monoisotopic (exact) mass is 306 g/mol. The van der Waals surface area contributed by atoms with Crippen molar-refractivity contribution in [2.45, 2.75) is 9.79 Å². The van der Waals surface area contributed by atoms with Gasteiger partial charge in [-0.3, -0.25) is 0 Å². The zero-order chi connectivity index (χ0) is 15.6. The van der Waals surface area contributed by atoms with Crippen LogP contribution in [-0.4, -0.2) is 12.2 Å². The highest BCUT2D eigenvalue weighted by molar-refractivity contribution is 7.80. The molecule has 0 heterocycles. The Balaban J connectivity index is 0. The molecule has 0 radical (unpaired) electrons. The Labute approximate surface area is 128 Å². The van der Waals surface area contributed by atoms with Crippen LogP contribution >= 0.6 is 25.3 Å². The van der Waals surface area contributed by atoms with Gasteiger partial charge in [-0.15, -0.1) is 25.3 Å². The summed E-state index contributed by atoms with van der Waals surface area (Å²) in [6.45, 7) is 0. The fraction of sp³-hybridized carbons (Fsp3) is 0. The molecule has 0 unspecified atom stereocenters. The second-order valence-corrected chi connectivity index (χ2v) is 3.91. The average Bonchev–Trinajstić information content (AvgIpc) is 2.43. The van der Waals surface area contributed by atoms with Crippen molar-refractivity contribution in [3.8, 4) is 0 Å². The lowest BCUT2D eigenvalue weighted by atomic mass is 10.4. The van der Waals surface area contributed by atoms with Crippen LogP contribution in [-0.2, 0) is 9.59 Å². The summed E-state index contributed by atoms with van der Waals surface area (Å²) in [6.07, 6.45) is 1.50. The fourth-order valence-corrected chi connectivity index (χ4v) is 1.20. The predicted octanol–water partition coefficient (Wildman–Crippen LogP) is 3.75. The highest BCUT2D eigenvalue weighted by Crippen LogP contribution is 2.01. The molecule has 0 amide bonds. The normalized spacial score (nSPS) is 6.90. The van der Waals surface area contributed by atoms with Crippen LogP contribution < -0.4 is 0 Å². The molecular formula is C14H14N2O2S2. The minimum absolute atomic E-state index is 0.750. The van der Waals surface area contributed by atoms with E-state index in [1.165, 1.54) is 0 Å². The Bertz CT molecular complexity index is 458. The van der Waals surface area contributed by atoms with Gasteiger partial charge in [0.15, 0.2) is 0 Å². The van der Waals surface area contributed by atoms with E-state index in [-0.39, 0.29) is 0 Å². The third-order valence-corrected chi connectivity index (χ3v) is 2.11. The molecule has 2 N–H and O–H groups in total. The molecule has 2 aromatic rings. The van der Waals surface area contributed by atoms with E-state index < -0.39 is 0 Å². The standard InChI is InChI=1S/2C6H6S.2CHNO/c2*7-6-4-2-1-3-5-6;2*2-1-3/h2*1-5,7H;2*2H. The van der Waals surface area contributed by atoms with Crippen molar-refractivity contribution < 1.29 is 9.59 Å². The van der Waals surface area contributed by atoms with E-state index in [4.69, 9.17) is 20.4 Å². The minimum Gasteiger partial charge on any atom is -0.222 e. The van der Waals surface area contributed by atoms with Crippen LogP contribution in [0.2, 0.25) is 0 Å². The summed E-state index contributed by atoms with van der Waals surface area (Å²) < 4.78 is 0. The zero-order valence-electron chi connectivity index (χ0n) is 10.5. The topological polar surface area (TPSA) is 81.8 Å². The van der Waals surface area contributed by atoms with Gasteiger partial charge >= 0.3 is 0 Å². The minimum atomic E-state index is 0.750. The van der Waals surface area contributed by atoms with E-state index >= 15 is 0 Å². The summed E-state index contributed by atoms with van der Waals surface area (Å²) in [4.78, 5) is 18.7. The Morgan fingerprint density at radius 3 is 0.950 bits per heavy atom. The summed E-state index contributed by atoms with van der Waals surface area (Å²) in [7, 11) is 0. The molecule has 104 valence electrons. The van der Waals surface area contributed by atoms with E-state index in [1.54, 1.807) is 0 Å². The van der Waals surface area contributed by atoms with Gasteiger partial charge in [0.1, 0.15) is 0 Å². The molecule has 4 nitrogen and oxygen atoms in total. The lowest BCUT2D eigenvalue weighted by molar-refractivity contribution is 0.562. The van der Waals surface area contributed by atoms with E-state index in [9.17, 15) is 0 Å². The quantitative estimate of drug-likeness (QED) is 0.339. The molecule has 6 heteroatoms. The van der Waals surface area contributed by atoms with Crippen LogP contribution in [0, 0.1) is 10.8 Å². The summed E-state index contributed by atoms with van der Waals surface area (Å²) >= 11 is 8.17. The molecule has 0 saturated carbocycles. The number of benzene rings is 2. The predicted molar refractivity (Wildman–Crippen MR) is 84.2 cm³/mol. The maximum Gasteiger partial charge on any atom is 0.231 e. The molecule has 0 aliphatic rings. The highest BCUT2D eigenvalue weighted by Gasteiger charge is 1.73. The summed E-state index contributed by atoms with van der Waals surface area (Å²) in [6, 6.07) is 19.6. The van der Waals surface area contributed by atoms with Gasteiger partial charge in [-0.05, 0) is 24.3 Å². The second kappa shape index (κ2) is 16.9. The van der Waals surface area contributed by atoms with Gasteiger partial charge in [0.25, 0.3) is 0 Å². The van der Waals surface area contributed by atoms with Crippen LogP contribution in [0.5, 0.6) is 0 Å². The molecule has 0 saturated heterocycles. The van der Waals surface area contributed by atoms with Gasteiger partial charge in [-0.1, -0.05) is 36.4 Å². The van der Waals surface area contributed by atoms with Gasteiger partial charge in [0.05, 0.1) is 0 Å². The average molecular weight is 306 g/mol. The number of thiol groups is 2. The van der Waals surface area contributed by atoms with Gasteiger partial charge in [0, 0.05) is 9.79 Å². The molecule has 0 fully saturated rings. The third-order valence-electron chi connectivity index (χ3n) is 1.51. The van der Waals surface area contributed by atoms with Crippen molar-refractivity contribution in [3.05, 3.63) is 60.7 Å². The van der Waals surface area contributed by atoms with Crippen LogP contribution in [0.25, 0.3) is 0 Å². The first kappa shape index (κ1) is 20.2. The highest BCUT2D eigenvalue weighted by atomic mass is 32.1. The van der Waals surface area contributed by atoms with Crippen molar-refractivity contribution >= 4 is 37.4 Å². The van der Waals surface area contributed by atoms with E-state index in [2.05, 4.69) is 25.3 Å². The Hall–Kier alpha value is -2.10. The summed E-state index contributed by atoms with van der Waals surface area (Å²) in [5, 5.41) is 10.8. The lowest BCUT2D eigenvalue weighted by Crippen LogP contribution is -1.56. The molecule has 0 aliphatic heterocycles. The molecule has 2 rings (SSSR count). The Morgan fingerprint density at radius 1 is 0.650 bits per heavy atom. The van der Waals surface area contributed by atoms with Crippen LogP contribution in [0.4, 0.5) is 0 Å². The van der Waals surface area contributed by atoms with Crippen LogP contribution in [0.3, 0.4) is 0 Å². The third kappa shape index (κ3) is 18.3. The van der Waals surface area contributed by atoms with Crippen molar-refractivity contribution in [1.29, 1.82) is 10.8 Å². The number of nitrogens with one attached hydrogen (secondary N) is 2. The molecule has 0 bridgehead atoms. The molecule has 20 heavy (non-hydrogen) atoms. The van der Waals surface area contributed by atoms with Gasteiger partial charge in [0.2, 0.25) is 12.2 Å². The van der Waals surface area contributed by atoms with Gasteiger partial charge < -0.3 is 0 Å². The number of isocyanates is 2. The maximum absolute atomic E-state index is 8.35. The van der Waals surface area contributed by atoms with Crippen molar-refractivity contribution in [2.24, 2.45) is 0 Å². The van der Waals surface area contributed by atoms with Crippen molar-refractivity contribution in [3.63, 3.8) is 0 Å². The van der Waals surface area contributed by atoms with Crippen molar-refractivity contribution in [1.82, 2.24) is 0 Å². The van der Waals surface area contributed by atoms with E-state index in [0.29, 0.717) is 0 Å². The number of hydrogen-bond acceptors (Lipinski definition) is 6. The van der Waals surface area contributed by atoms with E-state index in [0.717, 1.165) is 22.0 Å². The van der Waals surface area contributed by atoms with Gasteiger partial charge in [-0.2, -0.15) is 0 Å². The first-order valence-electron chi connectivity index (χ1n) is 5.18. The zero-order valence-corrected chi connectivity index (χ0v) is 12.3. The Morgan fingerprint density at radius 2 is 0.850 bits per heavy atom. The summed E-state index contributed by atoms with van der Waals surface area (Å²) in [5.74, 6) is 0. The number of hydrogen-bond donors (Lipinski definition) is 4. The largest absolute Gasteiger partial charge is 0.231 e. The Kier molecular flexibility index (Phi) is 17.1. The van der Waals surface area contributed by atoms with Crippen LogP contribution in [0.15, 0.2) is 70.5 Å². The van der Waals surface area contributed by atoms with Gasteiger partial charge in [-0.25, -0.2) is 20.4 Å². The lowest BCUT2D eigenvalue weighted by Gasteiger charge is -1.81. The second-order valence-electron chi connectivity index (χ2n) is 2.88. The van der Waals surface area contributed by atoms with Crippen molar-refractivity contribution in [2.75, 3.05) is 0 Å². The fourth-order valence-electron chi connectivity index (χ4n) is 0.856.